The molecule has 4 aromatic rings. The first kappa shape index (κ1) is 22.3. The lowest BCUT2D eigenvalue weighted by atomic mass is 10.0. The monoisotopic (exact) mass is 444 g/mol. The van der Waals surface area contributed by atoms with Crippen LogP contribution in [-0.2, 0) is 17.6 Å². The van der Waals surface area contributed by atoms with Crippen molar-refractivity contribution in [3.05, 3.63) is 77.9 Å². The standard InChI is InChI=1S/C27H28N2O4/c1-32-24-13-10-19(17-25(24)33-2)27-22(21-5-3-4-6-23(21)29-27)15-16-28-26(31)14-9-18-7-11-20(30)12-8-18/h3-8,10-13,17,29-30H,9,14-16H2,1-2H3,(H,28,31). The van der Waals surface area contributed by atoms with Crippen LogP contribution in [0, 0.1) is 0 Å². The van der Waals surface area contributed by atoms with Crippen molar-refractivity contribution in [2.75, 3.05) is 20.8 Å². The number of carbonyl (C=O) groups excluding carboxylic acids is 1. The summed E-state index contributed by atoms with van der Waals surface area (Å²) in [5, 5.41) is 13.6. The number of carbonyl (C=O) groups is 1. The quantitative estimate of drug-likeness (QED) is 0.345. The van der Waals surface area contributed by atoms with Gasteiger partial charge in [0.25, 0.3) is 0 Å². The number of aromatic amines is 1. The molecule has 0 radical (unpaired) electrons. The number of para-hydroxylation sites is 1. The molecule has 0 unspecified atom stereocenters. The van der Waals surface area contributed by atoms with E-state index in [0.29, 0.717) is 37.3 Å². The van der Waals surface area contributed by atoms with Crippen molar-refractivity contribution in [2.45, 2.75) is 19.3 Å². The second-order valence-corrected chi connectivity index (χ2v) is 7.86. The Morgan fingerprint density at radius 1 is 0.939 bits per heavy atom. The van der Waals surface area contributed by atoms with Crippen LogP contribution < -0.4 is 14.8 Å². The highest BCUT2D eigenvalue weighted by atomic mass is 16.5. The summed E-state index contributed by atoms with van der Waals surface area (Å²) in [4.78, 5) is 15.9. The number of benzene rings is 3. The molecular formula is C27H28N2O4. The number of phenolic OH excluding ortho intramolecular Hbond substituents is 1. The van der Waals surface area contributed by atoms with Crippen LogP contribution in [0.1, 0.15) is 17.5 Å². The van der Waals surface area contributed by atoms with Crippen molar-refractivity contribution < 1.29 is 19.4 Å². The molecule has 0 fully saturated rings. The minimum absolute atomic E-state index is 0.00980. The van der Waals surface area contributed by atoms with Crippen LogP contribution in [0.2, 0.25) is 0 Å². The van der Waals surface area contributed by atoms with Gasteiger partial charge in [0.1, 0.15) is 5.75 Å². The average Bonchev–Trinajstić information content (AvgIpc) is 3.22. The third kappa shape index (κ3) is 5.12. The van der Waals surface area contributed by atoms with Gasteiger partial charge in [-0.05, 0) is 60.4 Å². The molecular weight excluding hydrogens is 416 g/mol. The van der Waals surface area contributed by atoms with Crippen molar-refractivity contribution in [3.63, 3.8) is 0 Å². The molecule has 33 heavy (non-hydrogen) atoms. The zero-order valence-corrected chi connectivity index (χ0v) is 18.9. The van der Waals surface area contributed by atoms with Gasteiger partial charge in [-0.15, -0.1) is 0 Å². The zero-order valence-electron chi connectivity index (χ0n) is 18.9. The highest BCUT2D eigenvalue weighted by molar-refractivity contribution is 5.91. The molecule has 0 aliphatic carbocycles. The molecule has 0 atom stereocenters. The van der Waals surface area contributed by atoms with E-state index in [1.165, 1.54) is 0 Å². The highest BCUT2D eigenvalue weighted by Gasteiger charge is 2.15. The molecule has 0 saturated heterocycles. The Balaban J connectivity index is 1.48. The van der Waals surface area contributed by atoms with Gasteiger partial charge in [0.2, 0.25) is 5.91 Å². The predicted molar refractivity (Wildman–Crippen MR) is 130 cm³/mol. The van der Waals surface area contributed by atoms with Gasteiger partial charge in [-0.2, -0.15) is 0 Å². The lowest BCUT2D eigenvalue weighted by Crippen LogP contribution is -2.25. The number of fused-ring (bicyclic) bond motifs is 1. The van der Waals surface area contributed by atoms with E-state index in [4.69, 9.17) is 9.47 Å². The van der Waals surface area contributed by atoms with Gasteiger partial charge in [0.05, 0.1) is 14.2 Å². The summed E-state index contributed by atoms with van der Waals surface area (Å²) in [5.74, 6) is 1.59. The number of hydrogen-bond acceptors (Lipinski definition) is 4. The summed E-state index contributed by atoms with van der Waals surface area (Å²) in [6.07, 6.45) is 1.73. The van der Waals surface area contributed by atoms with Crippen molar-refractivity contribution in [2.24, 2.45) is 0 Å². The van der Waals surface area contributed by atoms with Gasteiger partial charge in [-0.1, -0.05) is 30.3 Å². The lowest BCUT2D eigenvalue weighted by Gasteiger charge is -2.11. The Hall–Kier alpha value is -3.93. The van der Waals surface area contributed by atoms with Crippen molar-refractivity contribution >= 4 is 16.8 Å². The van der Waals surface area contributed by atoms with Gasteiger partial charge in [0.15, 0.2) is 11.5 Å². The van der Waals surface area contributed by atoms with Crippen LogP contribution in [0.25, 0.3) is 22.2 Å². The molecule has 0 bridgehead atoms. The van der Waals surface area contributed by atoms with Crippen LogP contribution in [0.3, 0.4) is 0 Å². The Bertz CT molecular complexity index is 1240. The maximum absolute atomic E-state index is 12.4. The van der Waals surface area contributed by atoms with Crippen LogP contribution >= 0.6 is 0 Å². The summed E-state index contributed by atoms with van der Waals surface area (Å²) in [6.45, 7) is 0.538. The predicted octanol–water partition coefficient (Wildman–Crippen LogP) is 4.85. The van der Waals surface area contributed by atoms with Gasteiger partial charge < -0.3 is 24.9 Å². The number of amides is 1. The molecule has 6 heteroatoms. The van der Waals surface area contributed by atoms with Crippen LogP contribution in [-0.4, -0.2) is 36.8 Å². The smallest absolute Gasteiger partial charge is 0.220 e. The van der Waals surface area contributed by atoms with Gasteiger partial charge in [-0.3, -0.25) is 4.79 Å². The number of rotatable bonds is 9. The summed E-state index contributed by atoms with van der Waals surface area (Å²) >= 11 is 0. The number of nitrogens with one attached hydrogen (secondary N) is 2. The SMILES string of the molecule is COc1ccc(-c2[nH]c3ccccc3c2CCNC(=O)CCc2ccc(O)cc2)cc1OC. The van der Waals surface area contributed by atoms with Crippen molar-refractivity contribution in [1.29, 1.82) is 0 Å². The maximum Gasteiger partial charge on any atom is 0.220 e. The topological polar surface area (TPSA) is 83.6 Å². The number of hydrogen-bond donors (Lipinski definition) is 3. The molecule has 1 amide bonds. The van der Waals surface area contributed by atoms with E-state index in [2.05, 4.69) is 22.4 Å². The molecule has 3 N–H and O–H groups in total. The van der Waals surface area contributed by atoms with Crippen LogP contribution in [0.4, 0.5) is 0 Å². The lowest BCUT2D eigenvalue weighted by molar-refractivity contribution is -0.121. The van der Waals surface area contributed by atoms with Crippen LogP contribution in [0.5, 0.6) is 17.2 Å². The Morgan fingerprint density at radius 3 is 2.45 bits per heavy atom. The third-order valence-corrected chi connectivity index (χ3v) is 5.76. The van der Waals surface area contributed by atoms with E-state index in [1.807, 2.05) is 42.5 Å². The van der Waals surface area contributed by atoms with Gasteiger partial charge >= 0.3 is 0 Å². The number of methoxy groups -OCH3 is 2. The Morgan fingerprint density at radius 2 is 1.70 bits per heavy atom. The Labute approximate surface area is 193 Å². The van der Waals surface area contributed by atoms with E-state index in [1.54, 1.807) is 26.4 Å². The summed E-state index contributed by atoms with van der Waals surface area (Å²) < 4.78 is 10.9. The number of aromatic hydroxyl groups is 1. The number of phenols is 1. The normalized spacial score (nSPS) is 10.8. The fourth-order valence-electron chi connectivity index (χ4n) is 4.03. The molecule has 0 aliphatic rings. The molecule has 6 nitrogen and oxygen atoms in total. The van der Waals surface area contributed by atoms with Gasteiger partial charge in [-0.25, -0.2) is 0 Å². The summed E-state index contributed by atoms with van der Waals surface area (Å²) in [5.41, 5.74) is 5.23. The second kappa shape index (κ2) is 10.1. The largest absolute Gasteiger partial charge is 0.508 e. The highest BCUT2D eigenvalue weighted by Crippen LogP contribution is 2.36. The molecule has 1 aromatic heterocycles. The first-order valence-corrected chi connectivity index (χ1v) is 11.0. The summed E-state index contributed by atoms with van der Waals surface area (Å²) in [7, 11) is 3.25. The maximum atomic E-state index is 12.4. The van der Waals surface area contributed by atoms with Crippen LogP contribution in [0.15, 0.2) is 66.7 Å². The second-order valence-electron chi connectivity index (χ2n) is 7.86. The molecule has 4 rings (SSSR count). The fraction of sp³-hybridized carbons (Fsp3) is 0.222. The number of H-pyrrole nitrogens is 1. The molecule has 0 aliphatic heterocycles. The summed E-state index contributed by atoms with van der Waals surface area (Å²) in [6, 6.07) is 21.0. The minimum atomic E-state index is 0.00980. The van der Waals surface area contributed by atoms with Crippen molar-refractivity contribution in [1.82, 2.24) is 10.3 Å². The zero-order chi connectivity index (χ0) is 23.2. The van der Waals surface area contributed by atoms with Gasteiger partial charge in [0, 0.05) is 35.1 Å². The van der Waals surface area contributed by atoms with E-state index in [-0.39, 0.29) is 11.7 Å². The fourth-order valence-corrected chi connectivity index (χ4v) is 4.03. The molecule has 0 spiro atoms. The molecule has 3 aromatic carbocycles. The number of ether oxygens (including phenoxy) is 2. The first-order chi connectivity index (χ1) is 16.1. The average molecular weight is 445 g/mol. The number of aryl methyl sites for hydroxylation is 1. The van der Waals surface area contributed by atoms with E-state index in [0.717, 1.165) is 33.3 Å². The first-order valence-electron chi connectivity index (χ1n) is 11.0. The van der Waals surface area contributed by atoms with E-state index >= 15 is 0 Å². The van der Waals surface area contributed by atoms with E-state index < -0.39 is 0 Å². The molecule has 170 valence electrons. The minimum Gasteiger partial charge on any atom is -0.508 e. The molecule has 0 saturated carbocycles. The number of aromatic nitrogens is 1. The Kier molecular flexibility index (Phi) is 6.83. The molecule has 1 heterocycles. The van der Waals surface area contributed by atoms with Crippen molar-refractivity contribution in [3.8, 4) is 28.5 Å². The third-order valence-electron chi connectivity index (χ3n) is 5.76. The van der Waals surface area contributed by atoms with E-state index in [9.17, 15) is 9.90 Å².